The number of hydrogen-bond acceptors (Lipinski definition) is 2. The fourth-order valence-electron chi connectivity index (χ4n) is 1.51. The van der Waals surface area contributed by atoms with Gasteiger partial charge in [0.25, 0.3) is 0 Å². The first-order valence-corrected chi connectivity index (χ1v) is 4.97. The highest BCUT2D eigenvalue weighted by Crippen LogP contribution is 2.32. The van der Waals surface area contributed by atoms with E-state index in [0.717, 1.165) is 11.4 Å². The van der Waals surface area contributed by atoms with Crippen LogP contribution in [0.25, 0.3) is 0 Å². The maximum Gasteiger partial charge on any atom is 0.0858 e. The Labute approximate surface area is 85.1 Å². The first kappa shape index (κ1) is 9.25. The summed E-state index contributed by atoms with van der Waals surface area (Å²) in [6.07, 6.45) is 2.00. The minimum Gasteiger partial charge on any atom is -0.375 e. The van der Waals surface area contributed by atoms with E-state index in [4.69, 9.17) is 0 Å². The average molecular weight is 188 g/mol. The molecule has 0 radical (unpaired) electrons. The molecule has 0 saturated heterocycles. The Bertz CT molecular complexity index is 361. The number of nitrogens with zero attached hydrogens (tertiary/aromatic N) is 1. The van der Waals surface area contributed by atoms with Crippen molar-refractivity contribution in [3.05, 3.63) is 24.3 Å². The lowest BCUT2D eigenvalue weighted by Crippen LogP contribution is -2.36. The van der Waals surface area contributed by atoms with Crippen molar-refractivity contribution in [2.75, 3.05) is 5.32 Å². The van der Waals surface area contributed by atoms with E-state index < -0.39 is 0 Å². The fraction of sp³-hybridized carbons (Fsp3) is 0.417. The highest BCUT2D eigenvalue weighted by molar-refractivity contribution is 5.83. The van der Waals surface area contributed by atoms with Crippen LogP contribution in [0.3, 0.4) is 0 Å². The summed E-state index contributed by atoms with van der Waals surface area (Å²) in [7, 11) is 0. The van der Waals surface area contributed by atoms with E-state index in [-0.39, 0.29) is 5.41 Å². The van der Waals surface area contributed by atoms with E-state index in [0.29, 0.717) is 6.04 Å². The lowest BCUT2D eigenvalue weighted by molar-refractivity contribution is 0.403. The van der Waals surface area contributed by atoms with Crippen LogP contribution in [-0.4, -0.2) is 12.3 Å². The Morgan fingerprint density at radius 3 is 2.64 bits per heavy atom. The number of para-hydroxylation sites is 2. The summed E-state index contributed by atoms with van der Waals surface area (Å²) in [5.41, 5.74) is 2.37. The number of nitrogens with one attached hydrogen (secondary N) is 1. The molecule has 1 aromatic rings. The molecule has 1 atom stereocenters. The molecule has 1 aromatic carbocycles. The zero-order valence-electron chi connectivity index (χ0n) is 8.91. The highest BCUT2D eigenvalue weighted by atomic mass is 15.0. The van der Waals surface area contributed by atoms with Gasteiger partial charge in [0.1, 0.15) is 0 Å². The number of fused-ring (bicyclic) bond motifs is 1. The monoisotopic (exact) mass is 188 g/mol. The summed E-state index contributed by atoms with van der Waals surface area (Å²) in [6, 6.07) is 8.46. The van der Waals surface area contributed by atoms with Gasteiger partial charge >= 0.3 is 0 Å². The van der Waals surface area contributed by atoms with Crippen molar-refractivity contribution >= 4 is 17.6 Å². The first-order valence-electron chi connectivity index (χ1n) is 4.97. The van der Waals surface area contributed by atoms with Crippen LogP contribution in [0.2, 0.25) is 0 Å². The second-order valence-electron chi connectivity index (χ2n) is 4.78. The van der Waals surface area contributed by atoms with Gasteiger partial charge < -0.3 is 5.32 Å². The van der Waals surface area contributed by atoms with Crippen molar-refractivity contribution < 1.29 is 0 Å². The quantitative estimate of drug-likeness (QED) is 0.664. The predicted molar refractivity (Wildman–Crippen MR) is 61.5 cm³/mol. The lowest BCUT2D eigenvalue weighted by Gasteiger charge is -2.31. The van der Waals surface area contributed by atoms with Gasteiger partial charge in [-0.1, -0.05) is 32.9 Å². The molecule has 0 aliphatic carbocycles. The van der Waals surface area contributed by atoms with Crippen molar-refractivity contribution in [2.45, 2.75) is 26.8 Å². The van der Waals surface area contributed by atoms with Crippen LogP contribution >= 0.6 is 0 Å². The van der Waals surface area contributed by atoms with Gasteiger partial charge in [-0.05, 0) is 17.5 Å². The molecule has 0 fully saturated rings. The third-order valence-corrected chi connectivity index (χ3v) is 2.51. The molecule has 2 rings (SSSR count). The van der Waals surface area contributed by atoms with E-state index in [9.17, 15) is 0 Å². The summed E-state index contributed by atoms with van der Waals surface area (Å²) < 4.78 is 0. The van der Waals surface area contributed by atoms with Crippen LogP contribution in [-0.2, 0) is 0 Å². The second kappa shape index (κ2) is 3.12. The van der Waals surface area contributed by atoms with Crippen LogP contribution in [0.4, 0.5) is 11.4 Å². The van der Waals surface area contributed by atoms with E-state index in [1.807, 2.05) is 24.4 Å². The Hall–Kier alpha value is -1.31. The molecular formula is C12H16N2. The van der Waals surface area contributed by atoms with Crippen LogP contribution < -0.4 is 5.32 Å². The molecule has 2 nitrogen and oxygen atoms in total. The molecule has 2 heteroatoms. The number of rotatable bonds is 0. The molecule has 1 aliphatic rings. The fourth-order valence-corrected chi connectivity index (χ4v) is 1.51. The van der Waals surface area contributed by atoms with Gasteiger partial charge in [0.15, 0.2) is 0 Å². The van der Waals surface area contributed by atoms with Crippen molar-refractivity contribution in [1.29, 1.82) is 0 Å². The Morgan fingerprint density at radius 2 is 1.93 bits per heavy atom. The largest absolute Gasteiger partial charge is 0.375 e. The molecule has 1 N–H and O–H groups in total. The predicted octanol–water partition coefficient (Wildman–Crippen LogP) is 3.23. The molecule has 0 aromatic heterocycles. The molecular weight excluding hydrogens is 172 g/mol. The number of benzene rings is 1. The van der Waals surface area contributed by atoms with Crippen molar-refractivity contribution in [3.8, 4) is 0 Å². The third-order valence-electron chi connectivity index (χ3n) is 2.51. The number of hydrogen-bond donors (Lipinski definition) is 1. The van der Waals surface area contributed by atoms with Crippen molar-refractivity contribution in [3.63, 3.8) is 0 Å². The van der Waals surface area contributed by atoms with Crippen molar-refractivity contribution in [1.82, 2.24) is 0 Å². The Balaban J connectivity index is 2.30. The Morgan fingerprint density at radius 1 is 1.21 bits per heavy atom. The highest BCUT2D eigenvalue weighted by Gasteiger charge is 2.25. The van der Waals surface area contributed by atoms with E-state index in [1.165, 1.54) is 0 Å². The zero-order chi connectivity index (χ0) is 10.2. The van der Waals surface area contributed by atoms with Crippen LogP contribution in [0.1, 0.15) is 20.8 Å². The number of aliphatic imine (C=N–C) groups is 1. The zero-order valence-corrected chi connectivity index (χ0v) is 8.91. The summed E-state index contributed by atoms with van der Waals surface area (Å²) in [6.45, 7) is 6.64. The van der Waals surface area contributed by atoms with Gasteiger partial charge in [0, 0.05) is 6.21 Å². The van der Waals surface area contributed by atoms with Gasteiger partial charge in [0.2, 0.25) is 0 Å². The second-order valence-corrected chi connectivity index (χ2v) is 4.78. The molecule has 0 saturated carbocycles. The molecule has 0 amide bonds. The lowest BCUT2D eigenvalue weighted by atomic mass is 9.86. The Kier molecular flexibility index (Phi) is 2.06. The van der Waals surface area contributed by atoms with Gasteiger partial charge in [0.05, 0.1) is 17.4 Å². The summed E-state index contributed by atoms with van der Waals surface area (Å²) in [4.78, 5) is 4.45. The van der Waals surface area contributed by atoms with E-state index in [1.54, 1.807) is 0 Å². The maximum absolute atomic E-state index is 4.45. The standard InChI is InChI=1S/C12H16N2/c1-12(2,3)11-8-13-9-6-4-5-7-10(9)14-11/h4-8,11,14H,1-3H3. The molecule has 1 unspecified atom stereocenters. The maximum atomic E-state index is 4.45. The molecule has 0 spiro atoms. The van der Waals surface area contributed by atoms with E-state index in [2.05, 4.69) is 37.1 Å². The smallest absolute Gasteiger partial charge is 0.0858 e. The number of anilines is 1. The summed E-state index contributed by atoms with van der Waals surface area (Å²) in [5.74, 6) is 0. The molecule has 14 heavy (non-hydrogen) atoms. The van der Waals surface area contributed by atoms with Crippen molar-refractivity contribution in [2.24, 2.45) is 10.4 Å². The van der Waals surface area contributed by atoms with Gasteiger partial charge in [-0.25, -0.2) is 0 Å². The van der Waals surface area contributed by atoms with Crippen LogP contribution in [0, 0.1) is 5.41 Å². The third kappa shape index (κ3) is 1.65. The normalized spacial score (nSPS) is 20.1. The van der Waals surface area contributed by atoms with Crippen LogP contribution in [0.15, 0.2) is 29.3 Å². The van der Waals surface area contributed by atoms with Crippen LogP contribution in [0.5, 0.6) is 0 Å². The minimum atomic E-state index is 0.205. The van der Waals surface area contributed by atoms with Gasteiger partial charge in [-0.15, -0.1) is 0 Å². The SMILES string of the molecule is CC(C)(C)C1C=Nc2ccccc2N1. The average Bonchev–Trinajstić information content (AvgIpc) is 2.16. The molecule has 74 valence electrons. The topological polar surface area (TPSA) is 24.4 Å². The molecule has 0 bridgehead atoms. The summed E-state index contributed by atoms with van der Waals surface area (Å²) in [5, 5.41) is 3.49. The van der Waals surface area contributed by atoms with Gasteiger partial charge in [-0.2, -0.15) is 0 Å². The molecule has 1 heterocycles. The van der Waals surface area contributed by atoms with Gasteiger partial charge in [-0.3, -0.25) is 4.99 Å². The van der Waals surface area contributed by atoms with E-state index >= 15 is 0 Å². The molecule has 1 aliphatic heterocycles. The summed E-state index contributed by atoms with van der Waals surface area (Å²) >= 11 is 0. The minimum absolute atomic E-state index is 0.205. The first-order chi connectivity index (χ1) is 6.57.